The van der Waals surface area contributed by atoms with Gasteiger partial charge in [0.25, 0.3) is 0 Å². The van der Waals surface area contributed by atoms with Crippen molar-refractivity contribution >= 4 is 11.0 Å². The number of aryl methyl sites for hydroxylation is 1. The van der Waals surface area contributed by atoms with Crippen LogP contribution in [0.1, 0.15) is 29.2 Å². The zero-order chi connectivity index (χ0) is 18.6. The summed E-state index contributed by atoms with van der Waals surface area (Å²) in [7, 11) is 0. The summed E-state index contributed by atoms with van der Waals surface area (Å²) in [6.07, 6.45) is 0. The molecule has 3 aromatic rings. The fourth-order valence-electron chi connectivity index (χ4n) is 3.69. The second kappa shape index (κ2) is 5.89. The van der Waals surface area contributed by atoms with Crippen LogP contribution in [0.5, 0.6) is 0 Å². The molecule has 2 heterocycles. The molecular weight excluding hydrogens is 331 g/mol. The fraction of sp³-hybridized carbons (Fsp3) is 0.381. The van der Waals surface area contributed by atoms with E-state index in [0.29, 0.717) is 30.2 Å². The molecular formula is C21H23FN2O2. The van der Waals surface area contributed by atoms with E-state index in [1.165, 1.54) is 0 Å². The molecule has 1 aromatic heterocycles. The second-order valence-corrected chi connectivity index (χ2v) is 7.55. The third kappa shape index (κ3) is 2.38. The Morgan fingerprint density at radius 3 is 2.54 bits per heavy atom. The summed E-state index contributed by atoms with van der Waals surface area (Å²) >= 11 is 0. The van der Waals surface area contributed by atoms with E-state index in [1.54, 1.807) is 0 Å². The van der Waals surface area contributed by atoms with Gasteiger partial charge in [-0.05, 0) is 68.1 Å². The van der Waals surface area contributed by atoms with E-state index < -0.39 is 0 Å². The number of nitrogens with zero attached hydrogens (tertiary/aromatic N) is 2. The lowest BCUT2D eigenvalue weighted by molar-refractivity contribution is -0.0868. The first-order valence-corrected chi connectivity index (χ1v) is 8.83. The molecule has 136 valence electrons. The number of benzene rings is 2. The maximum absolute atomic E-state index is 15.2. The average Bonchev–Trinajstić information content (AvgIpc) is 2.99. The Kier molecular flexibility index (Phi) is 3.90. The number of aliphatic hydroxyl groups is 1. The van der Waals surface area contributed by atoms with Gasteiger partial charge in [0.05, 0.1) is 42.0 Å². The molecule has 4 rings (SSSR count). The lowest BCUT2D eigenvalue weighted by atomic mass is 9.96. The summed E-state index contributed by atoms with van der Waals surface area (Å²) in [5.74, 6) is 0.389. The Bertz CT molecular complexity index is 1020. The van der Waals surface area contributed by atoms with Crippen LogP contribution in [0.15, 0.2) is 24.3 Å². The molecule has 0 aliphatic carbocycles. The van der Waals surface area contributed by atoms with Crippen LogP contribution in [0.3, 0.4) is 0 Å². The van der Waals surface area contributed by atoms with Crippen LogP contribution in [0.25, 0.3) is 22.4 Å². The molecule has 0 saturated carbocycles. The van der Waals surface area contributed by atoms with E-state index in [0.717, 1.165) is 27.7 Å². The van der Waals surface area contributed by atoms with Crippen molar-refractivity contribution in [2.75, 3.05) is 13.2 Å². The number of halogens is 1. The molecule has 5 heteroatoms. The molecule has 1 fully saturated rings. The predicted octanol–water partition coefficient (Wildman–Crippen LogP) is 4.01. The van der Waals surface area contributed by atoms with E-state index in [1.807, 2.05) is 45.0 Å². The van der Waals surface area contributed by atoms with Crippen LogP contribution in [0.2, 0.25) is 0 Å². The molecule has 0 spiro atoms. The summed E-state index contributed by atoms with van der Waals surface area (Å²) < 4.78 is 22.7. The van der Waals surface area contributed by atoms with Gasteiger partial charge in [-0.15, -0.1) is 0 Å². The normalized spacial score (nSPS) is 16.1. The number of aliphatic hydroxyl groups excluding tert-OH is 1. The molecule has 0 unspecified atom stereocenters. The summed E-state index contributed by atoms with van der Waals surface area (Å²) in [5, 5.41) is 9.52. The van der Waals surface area contributed by atoms with Crippen LogP contribution < -0.4 is 0 Å². The van der Waals surface area contributed by atoms with Gasteiger partial charge in [-0.3, -0.25) is 0 Å². The molecule has 1 aliphatic heterocycles. The first-order chi connectivity index (χ1) is 12.4. The molecule has 26 heavy (non-hydrogen) atoms. The lowest BCUT2D eigenvalue weighted by Gasteiger charge is -2.41. The van der Waals surface area contributed by atoms with Gasteiger partial charge in [0.15, 0.2) is 0 Å². The average molecular weight is 354 g/mol. The predicted molar refractivity (Wildman–Crippen MR) is 99.7 cm³/mol. The highest BCUT2D eigenvalue weighted by molar-refractivity contribution is 5.82. The van der Waals surface area contributed by atoms with Crippen LogP contribution in [0.4, 0.5) is 4.39 Å². The SMILES string of the molecule is Cc1cc(-c2nc3ccc(CO)cc3n2C2(C)COC2)c(F)c(C)c1C. The third-order valence-electron chi connectivity index (χ3n) is 5.59. The van der Waals surface area contributed by atoms with Crippen molar-refractivity contribution in [3.8, 4) is 11.4 Å². The van der Waals surface area contributed by atoms with Gasteiger partial charge in [-0.2, -0.15) is 0 Å². The number of hydrogen-bond acceptors (Lipinski definition) is 3. The number of imidazole rings is 1. The maximum atomic E-state index is 15.2. The van der Waals surface area contributed by atoms with E-state index >= 15 is 4.39 Å². The van der Waals surface area contributed by atoms with Crippen LogP contribution >= 0.6 is 0 Å². The maximum Gasteiger partial charge on any atom is 0.144 e. The van der Waals surface area contributed by atoms with E-state index in [9.17, 15) is 5.11 Å². The zero-order valence-electron chi connectivity index (χ0n) is 15.6. The summed E-state index contributed by atoms with van der Waals surface area (Å²) in [4.78, 5) is 4.76. The van der Waals surface area contributed by atoms with Crippen LogP contribution in [-0.4, -0.2) is 27.9 Å². The second-order valence-electron chi connectivity index (χ2n) is 7.55. The first-order valence-electron chi connectivity index (χ1n) is 8.83. The summed E-state index contributed by atoms with van der Waals surface area (Å²) in [5.41, 5.74) is 5.40. The minimum Gasteiger partial charge on any atom is -0.392 e. The molecule has 0 amide bonds. The summed E-state index contributed by atoms with van der Waals surface area (Å²) in [6, 6.07) is 7.55. The van der Waals surface area contributed by atoms with E-state index in [-0.39, 0.29) is 18.0 Å². The van der Waals surface area contributed by atoms with Crippen molar-refractivity contribution in [1.82, 2.24) is 9.55 Å². The topological polar surface area (TPSA) is 47.3 Å². The molecule has 0 atom stereocenters. The number of aromatic nitrogens is 2. The van der Waals surface area contributed by atoms with Gasteiger partial charge >= 0.3 is 0 Å². The minimum atomic E-state index is -0.280. The Morgan fingerprint density at radius 2 is 1.92 bits per heavy atom. The Morgan fingerprint density at radius 1 is 1.19 bits per heavy atom. The van der Waals surface area contributed by atoms with Crippen molar-refractivity contribution in [3.05, 3.63) is 52.3 Å². The Labute approximate surface area is 152 Å². The molecule has 2 aromatic carbocycles. The van der Waals surface area contributed by atoms with Gasteiger partial charge in [0, 0.05) is 0 Å². The molecule has 0 radical (unpaired) electrons. The van der Waals surface area contributed by atoms with Gasteiger partial charge < -0.3 is 14.4 Å². The first kappa shape index (κ1) is 17.2. The van der Waals surface area contributed by atoms with Gasteiger partial charge in [-0.1, -0.05) is 6.07 Å². The number of ether oxygens (including phenoxy) is 1. The van der Waals surface area contributed by atoms with E-state index in [4.69, 9.17) is 9.72 Å². The molecule has 1 N–H and O–H groups in total. The highest BCUT2D eigenvalue weighted by Crippen LogP contribution is 2.38. The largest absolute Gasteiger partial charge is 0.392 e. The highest BCUT2D eigenvalue weighted by Gasteiger charge is 2.39. The van der Waals surface area contributed by atoms with Crippen LogP contribution in [0, 0.1) is 26.6 Å². The number of hydrogen-bond donors (Lipinski definition) is 1. The minimum absolute atomic E-state index is 0.0409. The van der Waals surface area contributed by atoms with Crippen molar-refractivity contribution < 1.29 is 14.2 Å². The Hall–Kier alpha value is -2.24. The number of rotatable bonds is 3. The van der Waals surface area contributed by atoms with Gasteiger partial charge in [0.2, 0.25) is 0 Å². The standard InChI is InChI=1S/C21H23FN2O2/c1-12-7-16(19(22)14(3)13(12)2)20-23-17-6-5-15(9-25)8-18(17)24(20)21(4)10-26-11-21/h5-8,25H,9-11H2,1-4H3. The summed E-state index contributed by atoms with van der Waals surface area (Å²) in [6.45, 7) is 8.91. The van der Waals surface area contributed by atoms with Crippen molar-refractivity contribution in [1.29, 1.82) is 0 Å². The Balaban J connectivity index is 2.06. The zero-order valence-corrected chi connectivity index (χ0v) is 15.6. The molecule has 0 bridgehead atoms. The molecule has 4 nitrogen and oxygen atoms in total. The van der Waals surface area contributed by atoms with Crippen LogP contribution in [-0.2, 0) is 16.9 Å². The highest BCUT2D eigenvalue weighted by atomic mass is 19.1. The van der Waals surface area contributed by atoms with Crippen molar-refractivity contribution in [2.45, 2.75) is 39.8 Å². The van der Waals surface area contributed by atoms with Crippen molar-refractivity contribution in [3.63, 3.8) is 0 Å². The molecule has 1 saturated heterocycles. The van der Waals surface area contributed by atoms with Gasteiger partial charge in [0.1, 0.15) is 11.6 Å². The smallest absolute Gasteiger partial charge is 0.144 e. The number of fused-ring (bicyclic) bond motifs is 1. The van der Waals surface area contributed by atoms with E-state index in [2.05, 4.69) is 11.5 Å². The quantitative estimate of drug-likeness (QED) is 0.773. The fourth-order valence-corrected chi connectivity index (χ4v) is 3.69. The third-order valence-corrected chi connectivity index (χ3v) is 5.59. The monoisotopic (exact) mass is 354 g/mol. The van der Waals surface area contributed by atoms with Gasteiger partial charge in [-0.25, -0.2) is 9.37 Å². The molecule has 1 aliphatic rings. The van der Waals surface area contributed by atoms with Crippen molar-refractivity contribution in [2.24, 2.45) is 0 Å². The lowest BCUT2D eigenvalue weighted by Crippen LogP contribution is -2.49.